The van der Waals surface area contributed by atoms with Crippen molar-refractivity contribution in [2.75, 3.05) is 39.8 Å². The SMILES string of the molecule is COC(=O)c1ccc(OCC2c3cc(OC)c(OC)cc3CCN2C(=S)Nc2ccccc2Cl)cc1. The smallest absolute Gasteiger partial charge is 0.337 e. The minimum absolute atomic E-state index is 0.212. The number of esters is 1. The fourth-order valence-electron chi connectivity index (χ4n) is 4.18. The van der Waals surface area contributed by atoms with Gasteiger partial charge in [0.05, 0.1) is 43.6 Å². The first-order valence-electron chi connectivity index (χ1n) is 11.3. The number of hydrogen-bond acceptors (Lipinski definition) is 6. The Morgan fingerprint density at radius 1 is 1.06 bits per heavy atom. The third kappa shape index (κ3) is 5.50. The topological polar surface area (TPSA) is 69.3 Å². The number of carbonyl (C=O) groups is 1. The predicted molar refractivity (Wildman–Crippen MR) is 144 cm³/mol. The zero-order chi connectivity index (χ0) is 25.7. The van der Waals surface area contributed by atoms with E-state index in [0.29, 0.717) is 46.1 Å². The van der Waals surface area contributed by atoms with Crippen LogP contribution < -0.4 is 19.5 Å². The number of hydrogen-bond donors (Lipinski definition) is 1. The third-order valence-electron chi connectivity index (χ3n) is 6.06. The van der Waals surface area contributed by atoms with Crippen LogP contribution in [0.1, 0.15) is 27.5 Å². The van der Waals surface area contributed by atoms with Crippen molar-refractivity contribution in [2.24, 2.45) is 0 Å². The number of nitrogens with zero attached hydrogens (tertiary/aromatic N) is 1. The summed E-state index contributed by atoms with van der Waals surface area (Å²) in [7, 11) is 4.59. The normalized spacial score (nSPS) is 14.4. The molecule has 3 aromatic carbocycles. The highest BCUT2D eigenvalue weighted by atomic mass is 35.5. The van der Waals surface area contributed by atoms with Gasteiger partial charge in [0.15, 0.2) is 16.6 Å². The standard InChI is InChI=1S/C27H27ClN2O5S/c1-32-24-14-18-12-13-30(27(36)29-22-7-5-4-6-21(22)28)23(20(18)15-25(24)33-2)16-35-19-10-8-17(9-11-19)26(31)34-3/h4-11,14-15,23H,12-13,16H2,1-3H3,(H,29,36). The van der Waals surface area contributed by atoms with Crippen molar-refractivity contribution < 1.29 is 23.7 Å². The summed E-state index contributed by atoms with van der Waals surface area (Å²) in [5, 5.41) is 4.40. The van der Waals surface area contributed by atoms with Crippen LogP contribution in [0.25, 0.3) is 0 Å². The molecule has 0 radical (unpaired) electrons. The van der Waals surface area contributed by atoms with Crippen molar-refractivity contribution in [3.8, 4) is 17.2 Å². The molecule has 4 rings (SSSR count). The number of benzene rings is 3. The molecule has 7 nitrogen and oxygen atoms in total. The fraction of sp³-hybridized carbons (Fsp3) is 0.259. The Morgan fingerprint density at radius 3 is 2.42 bits per heavy atom. The minimum Gasteiger partial charge on any atom is -0.493 e. The highest BCUT2D eigenvalue weighted by molar-refractivity contribution is 7.80. The van der Waals surface area contributed by atoms with Crippen LogP contribution in [0, 0.1) is 0 Å². The fourth-order valence-corrected chi connectivity index (χ4v) is 4.69. The van der Waals surface area contributed by atoms with E-state index in [-0.39, 0.29) is 6.04 Å². The number of rotatable bonds is 7. The number of methoxy groups -OCH3 is 3. The number of carbonyl (C=O) groups excluding carboxylic acids is 1. The molecule has 1 aliphatic rings. The minimum atomic E-state index is -0.397. The van der Waals surface area contributed by atoms with Crippen LogP contribution in [0.4, 0.5) is 5.69 Å². The number of ether oxygens (including phenoxy) is 4. The maximum atomic E-state index is 11.7. The summed E-state index contributed by atoms with van der Waals surface area (Å²) in [5.74, 6) is 1.54. The molecule has 36 heavy (non-hydrogen) atoms. The van der Waals surface area contributed by atoms with Gasteiger partial charge in [0.2, 0.25) is 0 Å². The first-order valence-corrected chi connectivity index (χ1v) is 12.1. The summed E-state index contributed by atoms with van der Waals surface area (Å²) in [6.45, 7) is 0.985. The average molecular weight is 527 g/mol. The van der Waals surface area contributed by atoms with E-state index in [1.54, 1.807) is 38.5 Å². The highest BCUT2D eigenvalue weighted by Gasteiger charge is 2.31. The Hall–Kier alpha value is -3.49. The molecular weight excluding hydrogens is 500 g/mol. The molecule has 0 bridgehead atoms. The van der Waals surface area contributed by atoms with E-state index in [2.05, 4.69) is 10.2 Å². The number of anilines is 1. The molecule has 3 aromatic rings. The maximum Gasteiger partial charge on any atom is 0.337 e. The van der Waals surface area contributed by atoms with Gasteiger partial charge in [-0.15, -0.1) is 0 Å². The molecule has 188 valence electrons. The number of fused-ring (bicyclic) bond motifs is 1. The Balaban J connectivity index is 1.62. The zero-order valence-corrected chi connectivity index (χ0v) is 21.8. The molecule has 1 heterocycles. The van der Waals surface area contributed by atoms with Gasteiger partial charge in [0.25, 0.3) is 0 Å². The van der Waals surface area contributed by atoms with Crippen molar-refractivity contribution in [1.29, 1.82) is 0 Å². The van der Waals surface area contributed by atoms with Gasteiger partial charge in [0, 0.05) is 6.54 Å². The molecule has 0 aromatic heterocycles. The highest BCUT2D eigenvalue weighted by Crippen LogP contribution is 2.39. The van der Waals surface area contributed by atoms with E-state index in [1.165, 1.54) is 7.11 Å². The second kappa shape index (κ2) is 11.5. The summed E-state index contributed by atoms with van der Waals surface area (Å²) < 4.78 is 22.0. The van der Waals surface area contributed by atoms with E-state index >= 15 is 0 Å². The van der Waals surface area contributed by atoms with E-state index < -0.39 is 5.97 Å². The molecule has 1 unspecified atom stereocenters. The van der Waals surface area contributed by atoms with Crippen LogP contribution in [0.3, 0.4) is 0 Å². The van der Waals surface area contributed by atoms with Gasteiger partial charge >= 0.3 is 5.97 Å². The lowest BCUT2D eigenvalue weighted by atomic mass is 9.92. The van der Waals surface area contributed by atoms with Crippen LogP contribution in [0.5, 0.6) is 17.2 Å². The summed E-state index contributed by atoms with van der Waals surface area (Å²) >= 11 is 12.2. The van der Waals surface area contributed by atoms with Crippen LogP contribution in [-0.4, -0.2) is 50.5 Å². The lowest BCUT2D eigenvalue weighted by Gasteiger charge is -2.39. The summed E-state index contributed by atoms with van der Waals surface area (Å²) in [5.41, 5.74) is 3.37. The largest absolute Gasteiger partial charge is 0.493 e. The second-order valence-corrected chi connectivity index (χ2v) is 8.90. The number of para-hydroxylation sites is 1. The zero-order valence-electron chi connectivity index (χ0n) is 20.2. The van der Waals surface area contributed by atoms with Gasteiger partial charge in [-0.25, -0.2) is 4.79 Å². The van der Waals surface area contributed by atoms with Crippen molar-refractivity contribution in [1.82, 2.24) is 4.90 Å². The first-order chi connectivity index (χ1) is 17.4. The molecule has 0 aliphatic carbocycles. The van der Waals surface area contributed by atoms with Gasteiger partial charge in [-0.3, -0.25) is 0 Å². The average Bonchev–Trinajstić information content (AvgIpc) is 2.91. The summed E-state index contributed by atoms with van der Waals surface area (Å²) in [4.78, 5) is 13.8. The van der Waals surface area contributed by atoms with Gasteiger partial charge in [0.1, 0.15) is 12.4 Å². The Morgan fingerprint density at radius 2 is 1.75 bits per heavy atom. The monoisotopic (exact) mass is 526 g/mol. The molecule has 0 saturated heterocycles. The van der Waals surface area contributed by atoms with Gasteiger partial charge in [-0.05, 0) is 78.3 Å². The maximum absolute atomic E-state index is 11.7. The molecule has 1 aliphatic heterocycles. The van der Waals surface area contributed by atoms with Crippen molar-refractivity contribution in [2.45, 2.75) is 12.5 Å². The van der Waals surface area contributed by atoms with Crippen LogP contribution in [-0.2, 0) is 11.2 Å². The van der Waals surface area contributed by atoms with Crippen LogP contribution in [0.15, 0.2) is 60.7 Å². The molecule has 0 saturated carbocycles. The Bertz CT molecular complexity index is 1250. The Kier molecular flexibility index (Phi) is 8.18. The van der Waals surface area contributed by atoms with Crippen molar-refractivity contribution in [3.05, 3.63) is 82.4 Å². The van der Waals surface area contributed by atoms with Crippen molar-refractivity contribution in [3.63, 3.8) is 0 Å². The molecule has 9 heteroatoms. The van der Waals surface area contributed by atoms with Gasteiger partial charge in [-0.1, -0.05) is 23.7 Å². The van der Waals surface area contributed by atoms with Crippen LogP contribution >= 0.6 is 23.8 Å². The summed E-state index contributed by atoms with van der Waals surface area (Å²) in [6.07, 6.45) is 0.768. The van der Waals surface area contributed by atoms with Gasteiger partial charge < -0.3 is 29.2 Å². The second-order valence-electron chi connectivity index (χ2n) is 8.10. The lowest BCUT2D eigenvalue weighted by molar-refractivity contribution is 0.0600. The van der Waals surface area contributed by atoms with E-state index in [9.17, 15) is 4.79 Å². The first kappa shape index (κ1) is 25.6. The lowest BCUT2D eigenvalue weighted by Crippen LogP contribution is -2.44. The van der Waals surface area contributed by atoms with E-state index in [0.717, 1.165) is 23.2 Å². The quantitative estimate of drug-likeness (QED) is 0.319. The van der Waals surface area contributed by atoms with E-state index in [1.807, 2.05) is 36.4 Å². The Labute approximate surface area is 220 Å². The predicted octanol–water partition coefficient (Wildman–Crippen LogP) is 5.52. The van der Waals surface area contributed by atoms with Gasteiger partial charge in [-0.2, -0.15) is 0 Å². The number of halogens is 1. The third-order valence-corrected chi connectivity index (χ3v) is 6.73. The molecule has 1 N–H and O–H groups in total. The molecule has 1 atom stereocenters. The molecule has 0 spiro atoms. The van der Waals surface area contributed by atoms with Crippen LogP contribution in [0.2, 0.25) is 5.02 Å². The number of nitrogens with one attached hydrogen (secondary N) is 1. The number of thiocarbonyl (C=S) groups is 1. The van der Waals surface area contributed by atoms with E-state index in [4.69, 9.17) is 42.8 Å². The van der Waals surface area contributed by atoms with Crippen molar-refractivity contribution >= 4 is 40.6 Å². The molecule has 0 fully saturated rings. The summed E-state index contributed by atoms with van der Waals surface area (Å²) in [6, 6.07) is 18.1. The molecule has 0 amide bonds. The molecular formula is C27H27ClN2O5S.